The maximum Gasteiger partial charge on any atom is 0.149 e. The molecule has 0 bridgehead atoms. The number of hydrogen-bond acceptors (Lipinski definition) is 3. The second kappa shape index (κ2) is 7.92. The molecule has 2 fully saturated rings. The number of aromatic nitrogens is 1. The van der Waals surface area contributed by atoms with E-state index >= 15 is 0 Å². The number of fused-ring (bicyclic) bond motifs is 1. The molecule has 0 spiro atoms. The van der Waals surface area contributed by atoms with E-state index in [-0.39, 0.29) is 0 Å². The first kappa shape index (κ1) is 17.7. The Kier molecular flexibility index (Phi) is 5.01. The van der Waals surface area contributed by atoms with Crippen LogP contribution in [0.1, 0.15) is 54.7 Å². The van der Waals surface area contributed by atoms with Gasteiger partial charge in [0.1, 0.15) is 17.9 Å². The van der Waals surface area contributed by atoms with Gasteiger partial charge < -0.3 is 4.74 Å². The van der Waals surface area contributed by atoms with Crippen LogP contribution in [-0.4, -0.2) is 23.0 Å². The summed E-state index contributed by atoms with van der Waals surface area (Å²) in [5.41, 5.74) is 4.95. The Balaban J connectivity index is 1.49. The molecule has 2 heterocycles. The zero-order chi connectivity index (χ0) is 18.8. The van der Waals surface area contributed by atoms with Gasteiger partial charge in [-0.1, -0.05) is 48.9 Å². The summed E-state index contributed by atoms with van der Waals surface area (Å²) in [6.07, 6.45) is 8.51. The van der Waals surface area contributed by atoms with Crippen molar-refractivity contribution in [2.24, 2.45) is 0 Å². The van der Waals surface area contributed by atoms with Gasteiger partial charge in [0.05, 0.1) is 0 Å². The number of likely N-dealkylation sites (tertiary alicyclic amines) is 1. The fraction of sp³-hybridized carbons (Fsp3) is 0.400. The molecule has 3 nitrogen and oxygen atoms in total. The average Bonchev–Trinajstić information content (AvgIpc) is 3.59. The van der Waals surface area contributed by atoms with Gasteiger partial charge in [0.15, 0.2) is 0 Å². The number of pyridine rings is 1. The summed E-state index contributed by atoms with van der Waals surface area (Å²) in [6, 6.07) is 17.2. The van der Waals surface area contributed by atoms with E-state index in [1.807, 2.05) is 12.3 Å². The highest BCUT2D eigenvalue weighted by Gasteiger charge is 2.28. The fourth-order valence-corrected chi connectivity index (χ4v) is 4.36. The van der Waals surface area contributed by atoms with Crippen molar-refractivity contribution in [2.75, 3.05) is 13.1 Å². The lowest BCUT2D eigenvalue weighted by atomic mass is 10.0. The van der Waals surface area contributed by atoms with E-state index in [4.69, 9.17) is 9.72 Å². The molecule has 1 aromatic heterocycles. The molecule has 1 saturated carbocycles. The Hall–Kier alpha value is -2.39. The van der Waals surface area contributed by atoms with Crippen LogP contribution in [0.2, 0.25) is 0 Å². The second-order valence-corrected chi connectivity index (χ2v) is 8.24. The van der Waals surface area contributed by atoms with Crippen LogP contribution in [0.3, 0.4) is 0 Å². The van der Waals surface area contributed by atoms with Crippen molar-refractivity contribution in [1.29, 1.82) is 0 Å². The van der Waals surface area contributed by atoms with Crippen molar-refractivity contribution in [1.82, 2.24) is 9.88 Å². The average molecular weight is 373 g/mol. The lowest BCUT2D eigenvalue weighted by molar-refractivity contribution is 0.221. The molecule has 0 atom stereocenters. The Bertz CT molecular complexity index is 943. The number of ether oxygens (including phenoxy) is 1. The maximum atomic E-state index is 6.41. The van der Waals surface area contributed by atoms with Crippen LogP contribution in [0.15, 0.2) is 54.7 Å². The summed E-state index contributed by atoms with van der Waals surface area (Å²) in [6.45, 7) is 4.03. The van der Waals surface area contributed by atoms with Gasteiger partial charge in [0, 0.05) is 18.1 Å². The van der Waals surface area contributed by atoms with Crippen LogP contribution < -0.4 is 4.74 Å². The molecule has 0 N–H and O–H groups in total. The van der Waals surface area contributed by atoms with Crippen LogP contribution in [0.4, 0.5) is 0 Å². The van der Waals surface area contributed by atoms with Crippen LogP contribution in [-0.2, 0) is 13.2 Å². The molecule has 3 aromatic rings. The summed E-state index contributed by atoms with van der Waals surface area (Å²) in [5, 5.41) is 1.25. The zero-order valence-electron chi connectivity index (χ0n) is 16.4. The second-order valence-electron chi connectivity index (χ2n) is 8.24. The van der Waals surface area contributed by atoms with Gasteiger partial charge in [-0.15, -0.1) is 0 Å². The number of piperidine rings is 1. The SMILES string of the molecule is c1ccc(COc2c(C3CC3)ccc3c(CN4CCCCC4)ccnc23)cc1. The zero-order valence-corrected chi connectivity index (χ0v) is 16.4. The molecule has 2 aliphatic rings. The number of nitrogens with zero attached hydrogens (tertiary/aromatic N) is 2. The number of hydrogen-bond donors (Lipinski definition) is 0. The van der Waals surface area contributed by atoms with Gasteiger partial charge in [-0.25, -0.2) is 0 Å². The van der Waals surface area contributed by atoms with Gasteiger partial charge in [-0.2, -0.15) is 0 Å². The molecule has 0 unspecified atom stereocenters. The third kappa shape index (κ3) is 3.77. The van der Waals surface area contributed by atoms with Crippen molar-refractivity contribution in [2.45, 2.75) is 51.2 Å². The third-order valence-corrected chi connectivity index (χ3v) is 6.07. The van der Waals surface area contributed by atoms with Crippen LogP contribution >= 0.6 is 0 Å². The first-order valence-electron chi connectivity index (χ1n) is 10.7. The van der Waals surface area contributed by atoms with Crippen molar-refractivity contribution in [3.63, 3.8) is 0 Å². The summed E-state index contributed by atoms with van der Waals surface area (Å²) in [7, 11) is 0. The molecule has 1 saturated heterocycles. The van der Waals surface area contributed by atoms with Crippen molar-refractivity contribution < 1.29 is 4.74 Å². The normalized spacial score (nSPS) is 17.7. The molecule has 0 amide bonds. The van der Waals surface area contributed by atoms with E-state index in [0.717, 1.165) is 17.8 Å². The van der Waals surface area contributed by atoms with Crippen LogP contribution in [0, 0.1) is 0 Å². The van der Waals surface area contributed by atoms with Gasteiger partial charge in [-0.3, -0.25) is 9.88 Å². The molecule has 5 rings (SSSR count). The monoisotopic (exact) mass is 372 g/mol. The summed E-state index contributed by atoms with van der Waals surface area (Å²) >= 11 is 0. The first-order chi connectivity index (χ1) is 13.9. The maximum absolute atomic E-state index is 6.41. The minimum atomic E-state index is 0.595. The van der Waals surface area contributed by atoms with E-state index in [9.17, 15) is 0 Å². The number of benzene rings is 2. The quantitative estimate of drug-likeness (QED) is 0.557. The van der Waals surface area contributed by atoms with Crippen molar-refractivity contribution in [3.8, 4) is 5.75 Å². The molecule has 2 aromatic carbocycles. The van der Waals surface area contributed by atoms with E-state index in [2.05, 4.69) is 47.4 Å². The lowest BCUT2D eigenvalue weighted by Crippen LogP contribution is -2.29. The smallest absolute Gasteiger partial charge is 0.149 e. The van der Waals surface area contributed by atoms with Crippen molar-refractivity contribution >= 4 is 10.9 Å². The van der Waals surface area contributed by atoms with Gasteiger partial charge >= 0.3 is 0 Å². The minimum absolute atomic E-state index is 0.595. The van der Waals surface area contributed by atoms with E-state index in [0.29, 0.717) is 12.5 Å². The summed E-state index contributed by atoms with van der Waals surface area (Å²) in [5.74, 6) is 1.65. The molecule has 1 aliphatic carbocycles. The predicted molar refractivity (Wildman–Crippen MR) is 114 cm³/mol. The highest BCUT2D eigenvalue weighted by Crippen LogP contribution is 2.46. The first-order valence-corrected chi connectivity index (χ1v) is 10.7. The van der Waals surface area contributed by atoms with E-state index < -0.39 is 0 Å². The van der Waals surface area contributed by atoms with Crippen LogP contribution in [0.25, 0.3) is 10.9 Å². The molecular formula is C25H28N2O. The molecule has 3 heteroatoms. The highest BCUT2D eigenvalue weighted by molar-refractivity contribution is 5.89. The van der Waals surface area contributed by atoms with Gasteiger partial charge in [-0.05, 0) is 67.4 Å². The molecule has 28 heavy (non-hydrogen) atoms. The highest BCUT2D eigenvalue weighted by atomic mass is 16.5. The minimum Gasteiger partial charge on any atom is -0.486 e. The molecule has 1 aliphatic heterocycles. The van der Waals surface area contributed by atoms with Gasteiger partial charge in [0.25, 0.3) is 0 Å². The lowest BCUT2D eigenvalue weighted by Gasteiger charge is -2.27. The summed E-state index contributed by atoms with van der Waals surface area (Å²) < 4.78 is 6.41. The fourth-order valence-electron chi connectivity index (χ4n) is 4.36. The topological polar surface area (TPSA) is 25.4 Å². The van der Waals surface area contributed by atoms with Crippen molar-refractivity contribution in [3.05, 3.63) is 71.4 Å². The standard InChI is InChI=1S/C25H28N2O/c1-3-7-19(8-4-1)18-28-25-23(20-9-10-20)12-11-22-21(13-14-26-24(22)25)17-27-15-5-2-6-16-27/h1,3-4,7-8,11-14,20H,2,5-6,9-10,15-18H2. The largest absolute Gasteiger partial charge is 0.486 e. The third-order valence-electron chi connectivity index (χ3n) is 6.07. The Morgan fingerprint density at radius 1 is 0.929 bits per heavy atom. The summed E-state index contributed by atoms with van der Waals surface area (Å²) in [4.78, 5) is 7.36. The Labute approximate surface area is 167 Å². The van der Waals surface area contributed by atoms with E-state index in [1.54, 1.807) is 0 Å². The Morgan fingerprint density at radius 3 is 2.54 bits per heavy atom. The van der Waals surface area contributed by atoms with Crippen LogP contribution in [0.5, 0.6) is 5.75 Å². The molecule has 0 radical (unpaired) electrons. The van der Waals surface area contributed by atoms with Gasteiger partial charge in [0.2, 0.25) is 0 Å². The molecular weight excluding hydrogens is 344 g/mol. The van der Waals surface area contributed by atoms with E-state index in [1.165, 1.54) is 67.3 Å². The predicted octanol–water partition coefficient (Wildman–Crippen LogP) is 5.68. The Morgan fingerprint density at radius 2 is 1.75 bits per heavy atom. The molecule has 144 valence electrons. The number of rotatable bonds is 6.